The molecule has 2 heterocycles. The number of rotatable bonds is 8. The fraction of sp³-hybridized carbons (Fsp3) is 0.571. The minimum absolute atomic E-state index is 0.0784. The van der Waals surface area contributed by atoms with E-state index in [-0.39, 0.29) is 30.9 Å². The van der Waals surface area contributed by atoms with Gasteiger partial charge >= 0.3 is 5.97 Å². The monoisotopic (exact) mass is 404 g/mol. The molecule has 2 fully saturated rings. The number of amides is 2. The molecule has 8 heteroatoms. The van der Waals surface area contributed by atoms with Gasteiger partial charge in [-0.25, -0.2) is 0 Å². The molecular formula is C21H28N2O6. The van der Waals surface area contributed by atoms with Gasteiger partial charge in [0.15, 0.2) is 0 Å². The summed E-state index contributed by atoms with van der Waals surface area (Å²) in [7, 11) is 0. The average molecular weight is 404 g/mol. The van der Waals surface area contributed by atoms with E-state index in [1.165, 1.54) is 4.90 Å². The summed E-state index contributed by atoms with van der Waals surface area (Å²) in [4.78, 5) is 39.0. The van der Waals surface area contributed by atoms with Gasteiger partial charge in [0.25, 0.3) is 5.91 Å². The van der Waals surface area contributed by atoms with Crippen LogP contribution in [-0.4, -0.2) is 67.7 Å². The number of carbonyl (C=O) groups is 3. The zero-order valence-corrected chi connectivity index (χ0v) is 16.7. The Morgan fingerprint density at radius 3 is 2.76 bits per heavy atom. The predicted octanol–water partition coefficient (Wildman–Crippen LogP) is 1.53. The van der Waals surface area contributed by atoms with E-state index in [1.54, 1.807) is 24.3 Å². The Morgan fingerprint density at radius 2 is 2.07 bits per heavy atom. The topological polar surface area (TPSA) is 94.2 Å². The minimum Gasteiger partial charge on any atom is -0.494 e. The van der Waals surface area contributed by atoms with Gasteiger partial charge in [-0.2, -0.15) is 0 Å². The van der Waals surface area contributed by atoms with E-state index in [0.717, 1.165) is 19.3 Å². The molecule has 1 aromatic rings. The second-order valence-electron chi connectivity index (χ2n) is 7.20. The fourth-order valence-electron chi connectivity index (χ4n) is 3.42. The molecule has 0 aromatic heterocycles. The summed E-state index contributed by atoms with van der Waals surface area (Å²) >= 11 is 0. The van der Waals surface area contributed by atoms with E-state index in [0.29, 0.717) is 37.6 Å². The molecule has 0 radical (unpaired) electrons. The number of piperazine rings is 1. The zero-order valence-electron chi connectivity index (χ0n) is 16.7. The van der Waals surface area contributed by atoms with Crippen LogP contribution in [0.2, 0.25) is 0 Å². The Balaban J connectivity index is 1.61. The van der Waals surface area contributed by atoms with Crippen molar-refractivity contribution in [3.63, 3.8) is 0 Å². The summed E-state index contributed by atoms with van der Waals surface area (Å²) in [5, 5.41) is 2.72. The van der Waals surface area contributed by atoms with E-state index in [4.69, 9.17) is 14.2 Å². The first-order chi connectivity index (χ1) is 14.1. The van der Waals surface area contributed by atoms with Crippen LogP contribution < -0.4 is 10.1 Å². The average Bonchev–Trinajstić information content (AvgIpc) is 3.26. The Morgan fingerprint density at radius 1 is 1.28 bits per heavy atom. The molecule has 0 aliphatic carbocycles. The summed E-state index contributed by atoms with van der Waals surface area (Å²) in [6.07, 6.45) is 2.46. The third-order valence-electron chi connectivity index (χ3n) is 4.98. The molecule has 0 spiro atoms. The van der Waals surface area contributed by atoms with Gasteiger partial charge in [0.2, 0.25) is 5.91 Å². The van der Waals surface area contributed by atoms with E-state index < -0.39 is 12.0 Å². The summed E-state index contributed by atoms with van der Waals surface area (Å²) in [5.74, 6) is -0.460. The van der Waals surface area contributed by atoms with Gasteiger partial charge in [0.05, 0.1) is 19.1 Å². The summed E-state index contributed by atoms with van der Waals surface area (Å²) < 4.78 is 16.2. The van der Waals surface area contributed by atoms with Crippen LogP contribution in [0.25, 0.3) is 0 Å². The van der Waals surface area contributed by atoms with Crippen molar-refractivity contribution in [2.75, 3.05) is 32.9 Å². The quantitative estimate of drug-likeness (QED) is 0.661. The SMILES string of the molecule is CCCOc1ccc(C(=O)N2CCNC(=O)[C@@H]2CC(=O)OC[C@@H]2CCCO2)cc1. The molecule has 1 aromatic carbocycles. The maximum Gasteiger partial charge on any atom is 0.308 e. The first kappa shape index (κ1) is 21.1. The fourth-order valence-corrected chi connectivity index (χ4v) is 3.42. The van der Waals surface area contributed by atoms with Gasteiger partial charge in [-0.1, -0.05) is 6.92 Å². The number of hydrogen-bond acceptors (Lipinski definition) is 6. The summed E-state index contributed by atoms with van der Waals surface area (Å²) in [5.41, 5.74) is 0.446. The lowest BCUT2D eigenvalue weighted by atomic mass is 10.1. The lowest BCUT2D eigenvalue weighted by molar-refractivity contribution is -0.150. The smallest absolute Gasteiger partial charge is 0.308 e. The van der Waals surface area contributed by atoms with E-state index >= 15 is 0 Å². The van der Waals surface area contributed by atoms with Crippen molar-refractivity contribution in [3.8, 4) is 5.75 Å². The van der Waals surface area contributed by atoms with Gasteiger partial charge in [-0.15, -0.1) is 0 Å². The molecule has 1 N–H and O–H groups in total. The second-order valence-corrected chi connectivity index (χ2v) is 7.20. The molecule has 2 aliphatic heterocycles. The van der Waals surface area contributed by atoms with Crippen LogP contribution in [0.4, 0.5) is 0 Å². The zero-order chi connectivity index (χ0) is 20.6. The van der Waals surface area contributed by atoms with Gasteiger partial charge in [0, 0.05) is 25.3 Å². The highest BCUT2D eigenvalue weighted by Crippen LogP contribution is 2.18. The molecule has 8 nitrogen and oxygen atoms in total. The maximum atomic E-state index is 13.0. The number of esters is 1. The molecule has 2 aliphatic rings. The third kappa shape index (κ3) is 5.69. The number of nitrogens with zero attached hydrogens (tertiary/aromatic N) is 1. The molecule has 2 atom stereocenters. The lowest BCUT2D eigenvalue weighted by Gasteiger charge is -2.34. The Hall–Kier alpha value is -2.61. The van der Waals surface area contributed by atoms with Crippen molar-refractivity contribution in [2.45, 2.75) is 44.8 Å². The number of carbonyl (C=O) groups excluding carboxylic acids is 3. The van der Waals surface area contributed by atoms with Crippen LogP contribution in [0.5, 0.6) is 5.75 Å². The van der Waals surface area contributed by atoms with E-state index in [1.807, 2.05) is 6.92 Å². The van der Waals surface area contributed by atoms with Crippen molar-refractivity contribution in [2.24, 2.45) is 0 Å². The standard InChI is InChI=1S/C21H28N2O6/c1-2-11-27-16-7-5-15(6-8-16)21(26)23-10-9-22-20(25)18(23)13-19(24)29-14-17-4-3-12-28-17/h5-8,17-18H,2-4,9-14H2,1H3,(H,22,25)/t17-,18-/m0/s1. The largest absolute Gasteiger partial charge is 0.494 e. The molecular weight excluding hydrogens is 376 g/mol. The number of hydrogen-bond donors (Lipinski definition) is 1. The molecule has 29 heavy (non-hydrogen) atoms. The van der Waals surface area contributed by atoms with Gasteiger partial charge in [0.1, 0.15) is 18.4 Å². The van der Waals surface area contributed by atoms with Crippen molar-refractivity contribution < 1.29 is 28.6 Å². The Labute approximate surface area is 170 Å². The van der Waals surface area contributed by atoms with Crippen LogP contribution >= 0.6 is 0 Å². The van der Waals surface area contributed by atoms with Gasteiger partial charge in [-0.3, -0.25) is 14.4 Å². The van der Waals surface area contributed by atoms with Crippen molar-refractivity contribution >= 4 is 17.8 Å². The first-order valence-corrected chi connectivity index (χ1v) is 10.2. The minimum atomic E-state index is -0.885. The van der Waals surface area contributed by atoms with Crippen molar-refractivity contribution in [1.82, 2.24) is 10.2 Å². The Kier molecular flexibility index (Phi) is 7.46. The van der Waals surface area contributed by atoms with Crippen LogP contribution in [-0.2, 0) is 19.1 Å². The van der Waals surface area contributed by atoms with Crippen molar-refractivity contribution in [1.29, 1.82) is 0 Å². The van der Waals surface area contributed by atoms with Gasteiger partial charge in [-0.05, 0) is 43.5 Å². The summed E-state index contributed by atoms with van der Waals surface area (Å²) in [6, 6.07) is 5.93. The lowest BCUT2D eigenvalue weighted by Crippen LogP contribution is -2.57. The van der Waals surface area contributed by atoms with Crippen LogP contribution in [0.15, 0.2) is 24.3 Å². The highest BCUT2D eigenvalue weighted by atomic mass is 16.6. The third-order valence-corrected chi connectivity index (χ3v) is 4.98. The summed E-state index contributed by atoms with van der Waals surface area (Å²) in [6.45, 7) is 4.17. The van der Waals surface area contributed by atoms with Crippen LogP contribution in [0, 0.1) is 0 Å². The molecule has 2 amide bonds. The number of nitrogens with one attached hydrogen (secondary N) is 1. The normalized spacial score (nSPS) is 21.6. The molecule has 2 saturated heterocycles. The second kappa shape index (κ2) is 10.2. The van der Waals surface area contributed by atoms with Crippen LogP contribution in [0.1, 0.15) is 43.0 Å². The Bertz CT molecular complexity index is 714. The highest BCUT2D eigenvalue weighted by molar-refractivity contribution is 5.99. The number of benzene rings is 1. The number of ether oxygens (including phenoxy) is 3. The predicted molar refractivity (Wildman–Crippen MR) is 105 cm³/mol. The molecule has 158 valence electrons. The molecule has 0 saturated carbocycles. The van der Waals surface area contributed by atoms with E-state index in [2.05, 4.69) is 5.32 Å². The van der Waals surface area contributed by atoms with Crippen molar-refractivity contribution in [3.05, 3.63) is 29.8 Å². The highest BCUT2D eigenvalue weighted by Gasteiger charge is 2.35. The van der Waals surface area contributed by atoms with Crippen LogP contribution in [0.3, 0.4) is 0 Å². The van der Waals surface area contributed by atoms with E-state index in [9.17, 15) is 14.4 Å². The molecule has 0 unspecified atom stereocenters. The molecule has 3 rings (SSSR count). The maximum absolute atomic E-state index is 13.0. The molecule has 0 bridgehead atoms. The van der Waals surface area contributed by atoms with Gasteiger partial charge < -0.3 is 24.4 Å². The first-order valence-electron chi connectivity index (χ1n) is 10.2.